The second kappa shape index (κ2) is 7.99. The van der Waals surface area contributed by atoms with Crippen molar-refractivity contribution in [1.82, 2.24) is 35.0 Å². The molecule has 0 spiro atoms. The van der Waals surface area contributed by atoms with Crippen molar-refractivity contribution >= 4 is 28.0 Å². The Morgan fingerprint density at radius 1 is 1.23 bits per heavy atom. The van der Waals surface area contributed by atoms with Crippen molar-refractivity contribution in [2.75, 3.05) is 6.61 Å². The summed E-state index contributed by atoms with van der Waals surface area (Å²) >= 11 is 0. The highest BCUT2D eigenvalue weighted by molar-refractivity contribution is 6.05. The summed E-state index contributed by atoms with van der Waals surface area (Å²) in [7, 11) is 0. The van der Waals surface area contributed by atoms with Gasteiger partial charge in [0, 0.05) is 23.8 Å². The zero-order chi connectivity index (χ0) is 21.4. The fourth-order valence-corrected chi connectivity index (χ4v) is 3.94. The van der Waals surface area contributed by atoms with E-state index >= 15 is 0 Å². The first-order chi connectivity index (χ1) is 15.1. The molecule has 4 aromatic rings. The van der Waals surface area contributed by atoms with Crippen LogP contribution in [0.3, 0.4) is 0 Å². The summed E-state index contributed by atoms with van der Waals surface area (Å²) in [5.74, 6) is 0.677. The van der Waals surface area contributed by atoms with Gasteiger partial charge in [0.25, 0.3) is 5.91 Å². The van der Waals surface area contributed by atoms with Crippen LogP contribution in [0.5, 0.6) is 0 Å². The number of carbonyl (C=O) groups is 1. The highest BCUT2D eigenvalue weighted by Gasteiger charge is 2.21. The number of nitrogens with zero attached hydrogens (tertiary/aromatic N) is 6. The van der Waals surface area contributed by atoms with Crippen LogP contribution in [0, 0.1) is 13.8 Å². The van der Waals surface area contributed by atoms with Crippen LogP contribution >= 0.6 is 0 Å². The Kier molecular flexibility index (Phi) is 5.03. The van der Waals surface area contributed by atoms with Gasteiger partial charge in [-0.15, -0.1) is 10.2 Å². The molecule has 1 aliphatic rings. The van der Waals surface area contributed by atoms with E-state index in [1.807, 2.05) is 26.0 Å². The number of aromatic nitrogens is 6. The minimum absolute atomic E-state index is 0.168. The van der Waals surface area contributed by atoms with Gasteiger partial charge >= 0.3 is 0 Å². The lowest BCUT2D eigenvalue weighted by Gasteiger charge is -2.13. The molecule has 0 bridgehead atoms. The summed E-state index contributed by atoms with van der Waals surface area (Å²) < 4.78 is 7.96. The van der Waals surface area contributed by atoms with Gasteiger partial charge in [-0.3, -0.25) is 14.8 Å². The monoisotopic (exact) mass is 417 g/mol. The van der Waals surface area contributed by atoms with Crippen molar-refractivity contribution in [2.45, 2.75) is 45.9 Å². The quantitative estimate of drug-likeness (QED) is 0.531. The van der Waals surface area contributed by atoms with Crippen molar-refractivity contribution < 1.29 is 9.53 Å². The molecule has 1 N–H and O–H groups in total. The Morgan fingerprint density at radius 2 is 2.13 bits per heavy atom. The number of hydrogen-bond donors (Lipinski definition) is 1. The summed E-state index contributed by atoms with van der Waals surface area (Å²) in [6.07, 6.45) is 5.63. The van der Waals surface area contributed by atoms with E-state index in [9.17, 15) is 4.79 Å². The average molecular weight is 417 g/mol. The minimum Gasteiger partial charge on any atom is -0.376 e. The molecule has 9 nitrogen and oxygen atoms in total. The third kappa shape index (κ3) is 3.84. The molecule has 0 aliphatic carbocycles. The number of imidazole rings is 1. The van der Waals surface area contributed by atoms with E-state index in [4.69, 9.17) is 4.74 Å². The number of hydrogen-bond acceptors (Lipinski definition) is 7. The van der Waals surface area contributed by atoms with E-state index in [2.05, 4.69) is 35.0 Å². The molecule has 31 heavy (non-hydrogen) atoms. The summed E-state index contributed by atoms with van der Waals surface area (Å²) in [4.78, 5) is 25.9. The molecule has 1 saturated heterocycles. The molecule has 158 valence electrons. The van der Waals surface area contributed by atoms with Crippen LogP contribution in [0.1, 0.15) is 40.4 Å². The summed E-state index contributed by atoms with van der Waals surface area (Å²) in [6.45, 7) is 5.66. The number of fused-ring (bicyclic) bond motifs is 3. The molecule has 1 aliphatic heterocycles. The fourth-order valence-electron chi connectivity index (χ4n) is 3.94. The Hall–Kier alpha value is -3.46. The van der Waals surface area contributed by atoms with Gasteiger partial charge in [0.15, 0.2) is 0 Å². The van der Waals surface area contributed by atoms with E-state index < -0.39 is 0 Å². The van der Waals surface area contributed by atoms with Crippen LogP contribution in [0.25, 0.3) is 22.1 Å². The Bertz CT molecular complexity index is 1260. The maximum Gasteiger partial charge on any atom is 0.251 e. The molecule has 9 heteroatoms. The highest BCUT2D eigenvalue weighted by atomic mass is 16.5. The zero-order valence-electron chi connectivity index (χ0n) is 17.5. The molecule has 1 fully saturated rings. The van der Waals surface area contributed by atoms with Crippen LogP contribution in [0.2, 0.25) is 0 Å². The summed E-state index contributed by atoms with van der Waals surface area (Å²) in [6, 6.07) is 5.43. The van der Waals surface area contributed by atoms with Crippen molar-refractivity contribution in [3.8, 4) is 0 Å². The third-order valence-electron chi connectivity index (χ3n) is 5.58. The van der Waals surface area contributed by atoms with E-state index in [1.165, 1.54) is 0 Å². The van der Waals surface area contributed by atoms with Crippen molar-refractivity contribution in [2.24, 2.45) is 0 Å². The normalized spacial score (nSPS) is 16.3. The molecule has 3 aromatic heterocycles. The maximum atomic E-state index is 12.8. The van der Waals surface area contributed by atoms with E-state index in [-0.39, 0.29) is 12.0 Å². The lowest BCUT2D eigenvalue weighted by Crippen LogP contribution is -2.23. The van der Waals surface area contributed by atoms with Gasteiger partial charge in [0.05, 0.1) is 47.8 Å². The van der Waals surface area contributed by atoms with Crippen LogP contribution in [-0.2, 0) is 17.8 Å². The second-order valence-electron chi connectivity index (χ2n) is 7.84. The van der Waals surface area contributed by atoms with Crippen LogP contribution < -0.4 is 5.32 Å². The molecule has 4 heterocycles. The lowest BCUT2D eigenvalue weighted by atomic mass is 10.1. The standard InChI is InChI=1S/C22H23N7O2/c1-13-9-24-16(10-23-13)11-25-22(30)15-5-6-19-18(8-15)20-21(28-27-19)26-14(2)29(20)12-17-4-3-7-31-17/h5-6,8-10,17H,3-4,7,11-12H2,1-2H3,(H,25,30). The molecule has 0 saturated carbocycles. The van der Waals surface area contributed by atoms with E-state index in [1.54, 1.807) is 18.5 Å². The topological polar surface area (TPSA) is 108 Å². The maximum absolute atomic E-state index is 12.8. The first-order valence-electron chi connectivity index (χ1n) is 10.4. The molecular formula is C22H23N7O2. The minimum atomic E-state index is -0.184. The van der Waals surface area contributed by atoms with Gasteiger partial charge in [-0.25, -0.2) is 4.98 Å². The molecule has 1 aromatic carbocycles. The number of amides is 1. The van der Waals surface area contributed by atoms with Gasteiger partial charge in [0.2, 0.25) is 5.65 Å². The SMILES string of the molecule is Cc1cnc(CNC(=O)c2ccc3nnc4nc(C)n(CC5CCCO5)c4c3c2)cn1. The number of benzene rings is 1. The van der Waals surface area contributed by atoms with Crippen LogP contribution in [-0.4, -0.2) is 48.3 Å². The Morgan fingerprint density at radius 3 is 2.90 bits per heavy atom. The van der Waals surface area contributed by atoms with E-state index in [0.717, 1.165) is 47.4 Å². The van der Waals surface area contributed by atoms with Crippen LogP contribution in [0.4, 0.5) is 0 Å². The predicted octanol–water partition coefficient (Wildman–Crippen LogP) is 2.50. The smallest absolute Gasteiger partial charge is 0.251 e. The first-order valence-corrected chi connectivity index (χ1v) is 10.4. The molecule has 1 unspecified atom stereocenters. The van der Waals surface area contributed by atoms with Gasteiger partial charge in [-0.1, -0.05) is 0 Å². The highest BCUT2D eigenvalue weighted by Crippen LogP contribution is 2.26. The third-order valence-corrected chi connectivity index (χ3v) is 5.58. The number of ether oxygens (including phenoxy) is 1. The number of carbonyl (C=O) groups excluding carboxylic acids is 1. The molecular weight excluding hydrogens is 394 g/mol. The van der Waals surface area contributed by atoms with E-state index in [0.29, 0.717) is 30.0 Å². The average Bonchev–Trinajstić information content (AvgIpc) is 3.41. The Balaban J connectivity index is 1.47. The molecule has 1 atom stereocenters. The Labute approximate surface area is 178 Å². The lowest BCUT2D eigenvalue weighted by molar-refractivity contribution is 0.0950. The molecule has 1 amide bonds. The first kappa shape index (κ1) is 19.5. The zero-order valence-corrected chi connectivity index (χ0v) is 17.5. The molecule has 5 rings (SSSR count). The van der Waals surface area contributed by atoms with Crippen molar-refractivity contribution in [1.29, 1.82) is 0 Å². The fraction of sp³-hybridized carbons (Fsp3) is 0.364. The van der Waals surface area contributed by atoms with Gasteiger partial charge in [0.1, 0.15) is 5.82 Å². The predicted molar refractivity (Wildman–Crippen MR) is 114 cm³/mol. The summed E-state index contributed by atoms with van der Waals surface area (Å²) in [5.41, 5.74) is 4.28. The summed E-state index contributed by atoms with van der Waals surface area (Å²) in [5, 5.41) is 12.3. The number of nitrogens with one attached hydrogen (secondary N) is 1. The van der Waals surface area contributed by atoms with Gasteiger partial charge < -0.3 is 14.6 Å². The molecule has 0 radical (unpaired) electrons. The number of rotatable bonds is 5. The van der Waals surface area contributed by atoms with Crippen molar-refractivity contribution in [3.05, 3.63) is 53.4 Å². The number of aryl methyl sites for hydroxylation is 2. The van der Waals surface area contributed by atoms with Crippen molar-refractivity contribution in [3.63, 3.8) is 0 Å². The second-order valence-corrected chi connectivity index (χ2v) is 7.84. The van der Waals surface area contributed by atoms with Gasteiger partial charge in [-0.2, -0.15) is 0 Å². The largest absolute Gasteiger partial charge is 0.376 e. The van der Waals surface area contributed by atoms with Gasteiger partial charge in [-0.05, 0) is 44.9 Å². The van der Waals surface area contributed by atoms with Crippen LogP contribution in [0.15, 0.2) is 30.6 Å².